The van der Waals surface area contributed by atoms with Gasteiger partial charge in [0.25, 0.3) is 0 Å². The molecule has 0 bridgehead atoms. The fourth-order valence-electron chi connectivity index (χ4n) is 6.24. The minimum Gasteiger partial charge on any atom is -0.454 e. The van der Waals surface area contributed by atoms with E-state index in [1.54, 1.807) is 0 Å². The molecule has 0 aliphatic carbocycles. The molecule has 0 aliphatic rings. The zero-order chi connectivity index (χ0) is 26.8. The predicted octanol–water partition coefficient (Wildman–Crippen LogP) is 9.70. The maximum atomic E-state index is 6.59. The van der Waals surface area contributed by atoms with Gasteiger partial charge < -0.3 is 13.6 Å². The summed E-state index contributed by atoms with van der Waals surface area (Å²) in [5, 5.41) is 5.66. The first-order valence-electron chi connectivity index (χ1n) is 13.5. The van der Waals surface area contributed by atoms with Crippen LogP contribution < -0.4 is 0 Å². The van der Waals surface area contributed by atoms with Gasteiger partial charge in [-0.25, -0.2) is 0 Å². The summed E-state index contributed by atoms with van der Waals surface area (Å²) >= 11 is 0. The van der Waals surface area contributed by atoms with Crippen LogP contribution in [0, 0.1) is 0 Å². The second-order valence-corrected chi connectivity index (χ2v) is 10.0. The van der Waals surface area contributed by atoms with Crippen molar-refractivity contribution in [2.24, 2.45) is 0 Å². The molecular weight excluding hydrogens is 490 g/mol. The first kappa shape index (κ1) is 22.6. The normalized spacial score (nSPS) is 12.1. The van der Waals surface area contributed by atoms with E-state index in [0.717, 1.165) is 55.5 Å². The average molecular weight is 516 g/mol. The summed E-state index contributed by atoms with van der Waals surface area (Å²) in [6.07, 6.45) is 9.92. The van der Waals surface area contributed by atoms with Gasteiger partial charge in [-0.15, -0.1) is 0 Å². The Bertz CT molecular complexity index is 2260. The SMILES string of the molecule is C=Cc1c(/C=C\C)n(-c2cncc3c2oc2ccc(-n4c5ccccc5c5ccccc54)cc23)c2ccccc12. The lowest BCUT2D eigenvalue weighted by molar-refractivity contribution is 0.665. The molecule has 0 amide bonds. The van der Waals surface area contributed by atoms with Crippen LogP contribution in [0.15, 0.2) is 120 Å². The molecule has 0 spiro atoms. The lowest BCUT2D eigenvalue weighted by atomic mass is 10.1. The maximum Gasteiger partial charge on any atom is 0.162 e. The molecule has 4 heteroatoms. The van der Waals surface area contributed by atoms with Crippen molar-refractivity contribution in [1.29, 1.82) is 0 Å². The standard InChI is InChI=1S/C36H25N3O/c1-3-11-30-24(4-2)25-12-5-10-17-33(25)39(30)34-22-37-21-29-28-20-23(18-19-35(28)40-36(29)34)38-31-15-8-6-13-26(31)27-14-7-9-16-32(27)38/h3-22H,2H2,1H3/b11-3-. The summed E-state index contributed by atoms with van der Waals surface area (Å²) in [5.41, 5.74) is 9.25. The number of allylic oxidation sites excluding steroid dienone is 1. The van der Waals surface area contributed by atoms with Gasteiger partial charge >= 0.3 is 0 Å². The summed E-state index contributed by atoms with van der Waals surface area (Å²) in [6, 6.07) is 32.0. The molecule has 8 rings (SSSR count). The van der Waals surface area contributed by atoms with Crippen LogP contribution in [-0.4, -0.2) is 14.1 Å². The van der Waals surface area contributed by atoms with E-state index in [4.69, 9.17) is 9.40 Å². The molecule has 0 unspecified atom stereocenters. The first-order chi connectivity index (χ1) is 19.8. The van der Waals surface area contributed by atoms with Gasteiger partial charge in [-0.1, -0.05) is 73.3 Å². The van der Waals surface area contributed by atoms with Gasteiger partial charge in [0.2, 0.25) is 0 Å². The third-order valence-electron chi connectivity index (χ3n) is 7.90. The van der Waals surface area contributed by atoms with Gasteiger partial charge in [0.05, 0.1) is 28.4 Å². The fourth-order valence-corrected chi connectivity index (χ4v) is 6.24. The summed E-state index contributed by atoms with van der Waals surface area (Å²) in [7, 11) is 0. The van der Waals surface area contributed by atoms with Crippen LogP contribution in [0.1, 0.15) is 18.2 Å². The Balaban J connectivity index is 1.42. The van der Waals surface area contributed by atoms with Crippen LogP contribution in [0.4, 0.5) is 0 Å². The monoisotopic (exact) mass is 515 g/mol. The molecule has 4 nitrogen and oxygen atoms in total. The molecule has 0 radical (unpaired) electrons. The number of para-hydroxylation sites is 3. The average Bonchev–Trinajstić information content (AvgIpc) is 3.64. The lowest BCUT2D eigenvalue weighted by Crippen LogP contribution is -1.98. The van der Waals surface area contributed by atoms with E-state index in [1.807, 2.05) is 25.4 Å². The Kier molecular flexibility index (Phi) is 4.85. The molecule has 8 aromatic rings. The number of pyridine rings is 1. The highest BCUT2D eigenvalue weighted by molar-refractivity contribution is 6.11. The van der Waals surface area contributed by atoms with Crippen molar-refractivity contribution in [3.05, 3.63) is 127 Å². The predicted molar refractivity (Wildman–Crippen MR) is 167 cm³/mol. The van der Waals surface area contributed by atoms with Gasteiger partial charge in [-0.3, -0.25) is 4.98 Å². The first-order valence-corrected chi connectivity index (χ1v) is 13.5. The highest BCUT2D eigenvalue weighted by Gasteiger charge is 2.20. The molecule has 0 saturated carbocycles. The van der Waals surface area contributed by atoms with Crippen molar-refractivity contribution in [2.75, 3.05) is 0 Å². The smallest absolute Gasteiger partial charge is 0.162 e. The third kappa shape index (κ3) is 3.04. The lowest BCUT2D eigenvalue weighted by Gasteiger charge is -2.09. The summed E-state index contributed by atoms with van der Waals surface area (Å²) in [4.78, 5) is 4.71. The number of furan rings is 1. The molecular formula is C36H25N3O. The molecule has 4 aromatic heterocycles. The Hall–Kier alpha value is -5.35. The Labute approximate surface area is 230 Å². The summed E-state index contributed by atoms with van der Waals surface area (Å²) in [6.45, 7) is 6.15. The zero-order valence-electron chi connectivity index (χ0n) is 22.0. The van der Waals surface area contributed by atoms with E-state index in [1.165, 1.54) is 21.8 Å². The van der Waals surface area contributed by atoms with Crippen LogP contribution in [-0.2, 0) is 0 Å². The van der Waals surface area contributed by atoms with Crippen molar-refractivity contribution in [1.82, 2.24) is 14.1 Å². The van der Waals surface area contributed by atoms with Crippen molar-refractivity contribution in [3.8, 4) is 11.4 Å². The highest BCUT2D eigenvalue weighted by atomic mass is 16.3. The van der Waals surface area contributed by atoms with E-state index in [9.17, 15) is 0 Å². The zero-order valence-corrected chi connectivity index (χ0v) is 22.0. The van der Waals surface area contributed by atoms with Gasteiger partial charge in [-0.05, 0) is 49.4 Å². The van der Waals surface area contributed by atoms with Gasteiger partial charge in [-0.2, -0.15) is 0 Å². The van der Waals surface area contributed by atoms with E-state index < -0.39 is 0 Å². The summed E-state index contributed by atoms with van der Waals surface area (Å²) < 4.78 is 11.2. The van der Waals surface area contributed by atoms with Crippen molar-refractivity contribution < 1.29 is 4.42 Å². The second kappa shape index (κ2) is 8.58. The molecule has 0 fully saturated rings. The molecule has 0 saturated heterocycles. The molecule has 4 heterocycles. The van der Waals surface area contributed by atoms with E-state index in [0.29, 0.717) is 0 Å². The summed E-state index contributed by atoms with van der Waals surface area (Å²) in [5.74, 6) is 0. The second-order valence-electron chi connectivity index (χ2n) is 10.0. The number of nitrogens with zero attached hydrogens (tertiary/aromatic N) is 3. The van der Waals surface area contributed by atoms with Crippen LogP contribution in [0.2, 0.25) is 0 Å². The van der Waals surface area contributed by atoms with E-state index >= 15 is 0 Å². The number of rotatable bonds is 4. The van der Waals surface area contributed by atoms with Crippen LogP contribution in [0.3, 0.4) is 0 Å². The molecule has 0 aliphatic heterocycles. The number of aromatic nitrogens is 3. The van der Waals surface area contributed by atoms with Crippen LogP contribution >= 0.6 is 0 Å². The highest BCUT2D eigenvalue weighted by Crippen LogP contribution is 2.39. The van der Waals surface area contributed by atoms with Gasteiger partial charge in [0.1, 0.15) is 11.3 Å². The Morgan fingerprint density at radius 3 is 2.02 bits per heavy atom. The quantitative estimate of drug-likeness (QED) is 0.234. The third-order valence-corrected chi connectivity index (χ3v) is 7.90. The minimum atomic E-state index is 0.812. The number of hydrogen-bond acceptors (Lipinski definition) is 2. The molecule has 40 heavy (non-hydrogen) atoms. The molecule has 0 N–H and O–H groups in total. The van der Waals surface area contributed by atoms with Gasteiger partial charge in [0.15, 0.2) is 5.58 Å². The minimum absolute atomic E-state index is 0.812. The van der Waals surface area contributed by atoms with E-state index in [2.05, 4.69) is 119 Å². The number of benzene rings is 4. The van der Waals surface area contributed by atoms with E-state index in [-0.39, 0.29) is 0 Å². The van der Waals surface area contributed by atoms with Crippen molar-refractivity contribution >= 4 is 66.8 Å². The molecule has 190 valence electrons. The van der Waals surface area contributed by atoms with Crippen molar-refractivity contribution in [2.45, 2.75) is 6.92 Å². The fraction of sp³-hybridized carbons (Fsp3) is 0.0278. The van der Waals surface area contributed by atoms with Crippen LogP contribution in [0.5, 0.6) is 0 Å². The van der Waals surface area contributed by atoms with Crippen LogP contribution in [0.25, 0.3) is 78.2 Å². The topological polar surface area (TPSA) is 35.9 Å². The Morgan fingerprint density at radius 1 is 0.700 bits per heavy atom. The molecule has 4 aromatic carbocycles. The number of fused-ring (bicyclic) bond motifs is 7. The Morgan fingerprint density at radius 2 is 1.35 bits per heavy atom. The number of hydrogen-bond donors (Lipinski definition) is 0. The largest absolute Gasteiger partial charge is 0.454 e. The maximum absolute atomic E-state index is 6.59. The van der Waals surface area contributed by atoms with Gasteiger partial charge in [0, 0.05) is 44.4 Å². The molecule has 0 atom stereocenters. The van der Waals surface area contributed by atoms with Crippen molar-refractivity contribution in [3.63, 3.8) is 0 Å².